The van der Waals surface area contributed by atoms with Gasteiger partial charge >= 0.3 is 5.97 Å². The fourth-order valence-electron chi connectivity index (χ4n) is 2.14. The molecule has 1 aromatic carbocycles. The maximum atomic E-state index is 11.1. The quantitative estimate of drug-likeness (QED) is 0.794. The average Bonchev–Trinajstić information content (AvgIpc) is 2.91. The minimum atomic E-state index is -0.971. The van der Waals surface area contributed by atoms with Crippen LogP contribution in [0.2, 0.25) is 0 Å². The molecule has 0 radical (unpaired) electrons. The molecule has 5 nitrogen and oxygen atoms in total. The molecule has 1 aliphatic heterocycles. The molecule has 0 amide bonds. The molecular formula is C14H16O5. The number of carbonyl (C=O) groups is 2. The lowest BCUT2D eigenvalue weighted by atomic mass is 9.99. The van der Waals surface area contributed by atoms with Crippen LogP contribution >= 0.6 is 0 Å². The van der Waals surface area contributed by atoms with Crippen LogP contribution in [0, 0.1) is 0 Å². The van der Waals surface area contributed by atoms with E-state index in [-0.39, 0.29) is 11.9 Å². The number of rotatable bonds is 6. The molecule has 0 atom stereocenters. The normalized spacial score (nSPS) is 15.6. The molecule has 102 valence electrons. The number of carboxylic acid groups (broad SMARTS) is 1. The van der Waals surface area contributed by atoms with Crippen LogP contribution < -0.4 is 0 Å². The zero-order valence-electron chi connectivity index (χ0n) is 10.5. The Labute approximate surface area is 111 Å². The van der Waals surface area contributed by atoms with Crippen LogP contribution in [-0.2, 0) is 15.9 Å². The highest BCUT2D eigenvalue weighted by molar-refractivity contribution is 5.90. The minimum absolute atomic E-state index is 0.178. The van der Waals surface area contributed by atoms with Gasteiger partial charge in [-0.3, -0.25) is 4.79 Å². The summed E-state index contributed by atoms with van der Waals surface area (Å²) < 4.78 is 10.6. The SMILES string of the molecule is O=Cc1ccc(C(=O)O)c(CCCC2OCCO2)c1. The fraction of sp³-hybridized carbons (Fsp3) is 0.429. The summed E-state index contributed by atoms with van der Waals surface area (Å²) in [6.45, 7) is 1.23. The van der Waals surface area contributed by atoms with Gasteiger partial charge in [0.05, 0.1) is 18.8 Å². The molecule has 5 heteroatoms. The maximum Gasteiger partial charge on any atom is 0.335 e. The van der Waals surface area contributed by atoms with Crippen molar-refractivity contribution < 1.29 is 24.2 Å². The second-order valence-corrected chi connectivity index (χ2v) is 4.40. The summed E-state index contributed by atoms with van der Waals surface area (Å²) in [7, 11) is 0. The second kappa shape index (κ2) is 6.45. The predicted molar refractivity (Wildman–Crippen MR) is 67.4 cm³/mol. The Bertz CT molecular complexity index is 463. The van der Waals surface area contributed by atoms with Crippen LogP contribution in [-0.4, -0.2) is 36.9 Å². The van der Waals surface area contributed by atoms with Crippen LogP contribution in [0.25, 0.3) is 0 Å². The van der Waals surface area contributed by atoms with Crippen molar-refractivity contribution in [1.29, 1.82) is 0 Å². The largest absolute Gasteiger partial charge is 0.478 e. The second-order valence-electron chi connectivity index (χ2n) is 4.40. The van der Waals surface area contributed by atoms with Crippen LogP contribution in [0.3, 0.4) is 0 Å². The van der Waals surface area contributed by atoms with Crippen LogP contribution in [0.15, 0.2) is 18.2 Å². The fourth-order valence-corrected chi connectivity index (χ4v) is 2.14. The van der Waals surface area contributed by atoms with Gasteiger partial charge in [-0.05, 0) is 37.0 Å². The standard InChI is InChI=1S/C14H16O5/c15-9-10-4-5-12(14(16)17)11(8-10)2-1-3-13-18-6-7-19-13/h4-5,8-9,13H,1-3,6-7H2,(H,16,17). The zero-order valence-corrected chi connectivity index (χ0v) is 10.5. The summed E-state index contributed by atoms with van der Waals surface area (Å²) in [6.07, 6.45) is 2.62. The monoisotopic (exact) mass is 264 g/mol. The molecule has 1 N–H and O–H groups in total. The first-order chi connectivity index (χ1) is 9.20. The summed E-state index contributed by atoms with van der Waals surface area (Å²) in [5, 5.41) is 9.10. The lowest BCUT2D eigenvalue weighted by molar-refractivity contribution is -0.0475. The summed E-state index contributed by atoms with van der Waals surface area (Å²) in [6, 6.07) is 4.62. The van der Waals surface area contributed by atoms with Gasteiger partial charge in [0, 0.05) is 5.56 Å². The van der Waals surface area contributed by atoms with Gasteiger partial charge in [0.25, 0.3) is 0 Å². The van der Waals surface area contributed by atoms with Crippen molar-refractivity contribution in [1.82, 2.24) is 0 Å². The van der Waals surface area contributed by atoms with E-state index in [4.69, 9.17) is 14.6 Å². The molecule has 0 aromatic heterocycles. The van der Waals surface area contributed by atoms with E-state index in [1.807, 2.05) is 0 Å². The minimum Gasteiger partial charge on any atom is -0.478 e. The number of aromatic carboxylic acids is 1. The number of hydrogen-bond donors (Lipinski definition) is 1. The van der Waals surface area contributed by atoms with Gasteiger partial charge in [0.15, 0.2) is 6.29 Å². The first-order valence-corrected chi connectivity index (χ1v) is 6.25. The van der Waals surface area contributed by atoms with Gasteiger partial charge < -0.3 is 14.6 Å². The molecule has 1 saturated heterocycles. The smallest absolute Gasteiger partial charge is 0.335 e. The van der Waals surface area contributed by atoms with Crippen molar-refractivity contribution in [3.63, 3.8) is 0 Å². The number of aryl methyl sites for hydroxylation is 1. The molecule has 0 spiro atoms. The van der Waals surface area contributed by atoms with E-state index in [1.165, 1.54) is 12.1 Å². The first-order valence-electron chi connectivity index (χ1n) is 6.25. The third-order valence-corrected chi connectivity index (χ3v) is 3.07. The van der Waals surface area contributed by atoms with E-state index in [2.05, 4.69) is 0 Å². The van der Waals surface area contributed by atoms with Crippen molar-refractivity contribution >= 4 is 12.3 Å². The number of carboxylic acids is 1. The molecule has 1 fully saturated rings. The highest BCUT2D eigenvalue weighted by Gasteiger charge is 2.16. The Morgan fingerprint density at radius 2 is 2.11 bits per heavy atom. The highest BCUT2D eigenvalue weighted by atomic mass is 16.7. The molecule has 0 bridgehead atoms. The Morgan fingerprint density at radius 3 is 2.74 bits per heavy atom. The van der Waals surface area contributed by atoms with Crippen molar-refractivity contribution in [2.75, 3.05) is 13.2 Å². The lowest BCUT2D eigenvalue weighted by Crippen LogP contribution is -2.09. The van der Waals surface area contributed by atoms with E-state index in [9.17, 15) is 9.59 Å². The van der Waals surface area contributed by atoms with E-state index in [0.717, 1.165) is 19.1 Å². The molecule has 1 aliphatic rings. The molecule has 0 aliphatic carbocycles. The Hall–Kier alpha value is -1.72. The summed E-state index contributed by atoms with van der Waals surface area (Å²) in [4.78, 5) is 21.8. The summed E-state index contributed by atoms with van der Waals surface area (Å²) >= 11 is 0. The topological polar surface area (TPSA) is 72.8 Å². The first kappa shape index (κ1) is 13.7. The number of carbonyl (C=O) groups excluding carboxylic acids is 1. The number of hydrogen-bond acceptors (Lipinski definition) is 4. The number of benzene rings is 1. The Morgan fingerprint density at radius 1 is 1.37 bits per heavy atom. The Kier molecular flexibility index (Phi) is 4.65. The summed E-state index contributed by atoms with van der Waals surface area (Å²) in [5.41, 5.74) is 1.42. The number of aldehydes is 1. The third-order valence-electron chi connectivity index (χ3n) is 3.07. The van der Waals surface area contributed by atoms with E-state index in [1.54, 1.807) is 6.07 Å². The van der Waals surface area contributed by atoms with Gasteiger partial charge in [-0.1, -0.05) is 6.07 Å². The van der Waals surface area contributed by atoms with E-state index in [0.29, 0.717) is 30.8 Å². The lowest BCUT2D eigenvalue weighted by Gasteiger charge is -2.10. The van der Waals surface area contributed by atoms with E-state index < -0.39 is 5.97 Å². The van der Waals surface area contributed by atoms with Crippen LogP contribution in [0.1, 0.15) is 39.1 Å². The molecule has 1 aromatic rings. The molecule has 2 rings (SSSR count). The van der Waals surface area contributed by atoms with Crippen LogP contribution in [0.4, 0.5) is 0 Å². The molecular weight excluding hydrogens is 248 g/mol. The van der Waals surface area contributed by atoms with Crippen molar-refractivity contribution in [2.24, 2.45) is 0 Å². The zero-order chi connectivity index (χ0) is 13.7. The van der Waals surface area contributed by atoms with Crippen molar-refractivity contribution in [3.05, 3.63) is 34.9 Å². The average molecular weight is 264 g/mol. The third kappa shape index (κ3) is 3.62. The molecule has 0 saturated carbocycles. The van der Waals surface area contributed by atoms with Crippen molar-refractivity contribution in [3.8, 4) is 0 Å². The van der Waals surface area contributed by atoms with Gasteiger partial charge in [-0.15, -0.1) is 0 Å². The highest BCUT2D eigenvalue weighted by Crippen LogP contribution is 2.17. The molecule has 19 heavy (non-hydrogen) atoms. The van der Waals surface area contributed by atoms with Crippen LogP contribution in [0.5, 0.6) is 0 Å². The van der Waals surface area contributed by atoms with Gasteiger partial charge in [0.2, 0.25) is 0 Å². The van der Waals surface area contributed by atoms with Gasteiger partial charge in [-0.2, -0.15) is 0 Å². The molecule has 1 heterocycles. The van der Waals surface area contributed by atoms with E-state index >= 15 is 0 Å². The maximum absolute atomic E-state index is 11.1. The summed E-state index contributed by atoms with van der Waals surface area (Å²) in [5.74, 6) is -0.971. The molecule has 0 unspecified atom stereocenters. The van der Waals surface area contributed by atoms with Gasteiger partial charge in [-0.25, -0.2) is 4.79 Å². The van der Waals surface area contributed by atoms with Gasteiger partial charge in [0.1, 0.15) is 6.29 Å². The predicted octanol–water partition coefficient (Wildman–Crippen LogP) is 1.89. The Balaban J connectivity index is 2.00. The number of ether oxygens (including phenoxy) is 2. The van der Waals surface area contributed by atoms with Crippen molar-refractivity contribution in [2.45, 2.75) is 25.6 Å².